The fraction of sp³-hybridized carbons (Fsp3) is 0.444. The number of hydrogen-bond acceptors (Lipinski definition) is 4. The van der Waals surface area contributed by atoms with Crippen LogP contribution in [0.25, 0.3) is 11.1 Å². The first-order valence-corrected chi connectivity index (χ1v) is 12.1. The van der Waals surface area contributed by atoms with Gasteiger partial charge in [0.1, 0.15) is 6.61 Å². The standard InChI is InChI=1S/C27H30N2O5/c30-25(29-12-11-18(15-29)26(31)32)19(13-17-9-10-17)14-28-27(33)34-16-24-22-7-3-1-5-20(22)21-6-2-4-8-23(21)24/h1-8,17-19,24H,9-16H2,(H,28,33)(H,31,32). The third-order valence-electron chi connectivity index (χ3n) is 7.35. The minimum atomic E-state index is -0.856. The van der Waals surface area contributed by atoms with Gasteiger partial charge in [-0.05, 0) is 41.0 Å². The Kier molecular flexibility index (Phi) is 6.26. The molecule has 2 atom stereocenters. The third-order valence-corrected chi connectivity index (χ3v) is 7.35. The number of rotatable bonds is 8. The van der Waals surface area contributed by atoms with E-state index in [1.54, 1.807) is 4.90 Å². The molecule has 1 heterocycles. The molecular formula is C27H30N2O5. The van der Waals surface area contributed by atoms with Gasteiger partial charge in [0.2, 0.25) is 5.91 Å². The number of carboxylic acids is 1. The zero-order valence-corrected chi connectivity index (χ0v) is 19.1. The van der Waals surface area contributed by atoms with Gasteiger partial charge in [0.25, 0.3) is 0 Å². The highest BCUT2D eigenvalue weighted by atomic mass is 16.5. The zero-order valence-electron chi connectivity index (χ0n) is 19.1. The highest BCUT2D eigenvalue weighted by Crippen LogP contribution is 2.44. The summed E-state index contributed by atoms with van der Waals surface area (Å²) in [5, 5.41) is 12.0. The lowest BCUT2D eigenvalue weighted by Gasteiger charge is -2.24. The van der Waals surface area contributed by atoms with Crippen LogP contribution >= 0.6 is 0 Å². The highest BCUT2D eigenvalue weighted by Gasteiger charge is 2.37. The van der Waals surface area contributed by atoms with Gasteiger partial charge < -0.3 is 20.1 Å². The number of ether oxygens (including phenoxy) is 1. The lowest BCUT2D eigenvalue weighted by atomic mass is 9.98. The molecule has 1 saturated carbocycles. The zero-order chi connectivity index (χ0) is 23.7. The second kappa shape index (κ2) is 9.49. The Morgan fingerprint density at radius 1 is 1.00 bits per heavy atom. The number of hydrogen-bond donors (Lipinski definition) is 2. The van der Waals surface area contributed by atoms with E-state index in [4.69, 9.17) is 4.74 Å². The molecule has 2 amide bonds. The van der Waals surface area contributed by atoms with Crippen LogP contribution in [-0.2, 0) is 14.3 Å². The van der Waals surface area contributed by atoms with Crippen molar-refractivity contribution in [2.24, 2.45) is 17.8 Å². The van der Waals surface area contributed by atoms with Gasteiger partial charge in [-0.1, -0.05) is 61.4 Å². The second-order valence-corrected chi connectivity index (χ2v) is 9.69. The van der Waals surface area contributed by atoms with Crippen LogP contribution in [0.15, 0.2) is 48.5 Å². The number of carboxylic acid groups (broad SMARTS) is 1. The molecule has 1 saturated heterocycles. The Balaban J connectivity index is 1.18. The number of alkyl carbamates (subject to hydrolysis) is 1. The maximum Gasteiger partial charge on any atom is 0.407 e. The van der Waals surface area contributed by atoms with Gasteiger partial charge in [0.05, 0.1) is 11.8 Å². The summed E-state index contributed by atoms with van der Waals surface area (Å²) >= 11 is 0. The predicted octanol–water partition coefficient (Wildman–Crippen LogP) is 3.87. The minimum Gasteiger partial charge on any atom is -0.481 e. The van der Waals surface area contributed by atoms with E-state index in [-0.39, 0.29) is 37.4 Å². The van der Waals surface area contributed by atoms with E-state index in [9.17, 15) is 19.5 Å². The number of carbonyl (C=O) groups excluding carboxylic acids is 2. The Labute approximate surface area is 199 Å². The van der Waals surface area contributed by atoms with Crippen molar-refractivity contribution in [1.82, 2.24) is 10.2 Å². The first kappa shape index (κ1) is 22.4. The van der Waals surface area contributed by atoms with Crippen molar-refractivity contribution in [2.75, 3.05) is 26.2 Å². The van der Waals surface area contributed by atoms with Gasteiger partial charge in [-0.2, -0.15) is 0 Å². The van der Waals surface area contributed by atoms with Crippen LogP contribution < -0.4 is 5.32 Å². The van der Waals surface area contributed by atoms with Crippen LogP contribution in [0.5, 0.6) is 0 Å². The van der Waals surface area contributed by atoms with Crippen molar-refractivity contribution in [3.05, 3.63) is 59.7 Å². The maximum absolute atomic E-state index is 13.1. The summed E-state index contributed by atoms with van der Waals surface area (Å²) in [4.78, 5) is 38.6. The van der Waals surface area contributed by atoms with Crippen LogP contribution in [0.4, 0.5) is 4.79 Å². The molecule has 0 bridgehead atoms. The van der Waals surface area contributed by atoms with E-state index in [2.05, 4.69) is 29.6 Å². The molecule has 2 unspecified atom stereocenters. The van der Waals surface area contributed by atoms with Crippen LogP contribution in [0, 0.1) is 17.8 Å². The first-order chi connectivity index (χ1) is 16.5. The second-order valence-electron chi connectivity index (χ2n) is 9.69. The number of aliphatic carboxylic acids is 1. The molecule has 2 fully saturated rings. The van der Waals surface area contributed by atoms with Crippen LogP contribution in [0.1, 0.15) is 42.7 Å². The smallest absolute Gasteiger partial charge is 0.407 e. The number of likely N-dealkylation sites (tertiary alicyclic amines) is 1. The fourth-order valence-electron chi connectivity index (χ4n) is 5.30. The van der Waals surface area contributed by atoms with Crippen molar-refractivity contribution in [2.45, 2.75) is 31.6 Å². The highest BCUT2D eigenvalue weighted by molar-refractivity contribution is 5.82. The number of benzene rings is 2. The summed E-state index contributed by atoms with van der Waals surface area (Å²) in [5.41, 5.74) is 4.65. The molecule has 2 N–H and O–H groups in total. The maximum atomic E-state index is 13.1. The van der Waals surface area contributed by atoms with Crippen LogP contribution in [0.3, 0.4) is 0 Å². The number of nitrogens with zero attached hydrogens (tertiary/aromatic N) is 1. The van der Waals surface area contributed by atoms with E-state index < -0.39 is 18.0 Å². The summed E-state index contributed by atoms with van der Waals surface area (Å²) in [5.74, 6) is -1.27. The Morgan fingerprint density at radius 3 is 2.24 bits per heavy atom. The summed E-state index contributed by atoms with van der Waals surface area (Å²) in [6, 6.07) is 16.4. The molecule has 0 aromatic heterocycles. The molecule has 0 spiro atoms. The molecule has 34 heavy (non-hydrogen) atoms. The average Bonchev–Trinajstić information content (AvgIpc) is 3.42. The number of nitrogens with one attached hydrogen (secondary N) is 1. The Morgan fingerprint density at radius 2 is 1.65 bits per heavy atom. The Hall–Kier alpha value is -3.35. The Bertz CT molecular complexity index is 1050. The minimum absolute atomic E-state index is 0.0143. The molecule has 3 aliphatic rings. The molecule has 178 valence electrons. The van der Waals surface area contributed by atoms with Gasteiger partial charge in [0, 0.05) is 25.6 Å². The number of carbonyl (C=O) groups is 3. The van der Waals surface area contributed by atoms with Gasteiger partial charge in [-0.25, -0.2) is 4.79 Å². The van der Waals surface area contributed by atoms with E-state index in [1.807, 2.05) is 24.3 Å². The van der Waals surface area contributed by atoms with Crippen molar-refractivity contribution in [3.63, 3.8) is 0 Å². The van der Waals surface area contributed by atoms with Crippen LogP contribution in [0.2, 0.25) is 0 Å². The topological polar surface area (TPSA) is 95.9 Å². The summed E-state index contributed by atoms with van der Waals surface area (Å²) < 4.78 is 5.61. The quantitative estimate of drug-likeness (QED) is 0.621. The van der Waals surface area contributed by atoms with Gasteiger partial charge >= 0.3 is 12.1 Å². The molecule has 2 aromatic rings. The van der Waals surface area contributed by atoms with Crippen molar-refractivity contribution in [3.8, 4) is 11.1 Å². The normalized spacial score (nSPS) is 19.9. The lowest BCUT2D eigenvalue weighted by molar-refractivity contribution is -0.141. The number of fused-ring (bicyclic) bond motifs is 3. The SMILES string of the molecule is O=C(NCC(CC1CC1)C(=O)N1CCC(C(=O)O)C1)OCC1c2ccccc2-c2ccccc21. The molecule has 1 aliphatic heterocycles. The summed E-state index contributed by atoms with van der Waals surface area (Å²) in [6.45, 7) is 1.15. The van der Waals surface area contributed by atoms with Crippen LogP contribution in [-0.4, -0.2) is 54.2 Å². The largest absolute Gasteiger partial charge is 0.481 e. The fourth-order valence-corrected chi connectivity index (χ4v) is 5.30. The van der Waals surface area contributed by atoms with Gasteiger partial charge in [-0.15, -0.1) is 0 Å². The van der Waals surface area contributed by atoms with E-state index >= 15 is 0 Å². The molecule has 7 nitrogen and oxygen atoms in total. The molecule has 0 radical (unpaired) electrons. The van der Waals surface area contributed by atoms with Crippen molar-refractivity contribution >= 4 is 18.0 Å². The molecule has 5 rings (SSSR count). The average molecular weight is 463 g/mol. The van der Waals surface area contributed by atoms with E-state index in [1.165, 1.54) is 11.1 Å². The lowest BCUT2D eigenvalue weighted by Crippen LogP contribution is -2.41. The predicted molar refractivity (Wildman–Crippen MR) is 126 cm³/mol. The van der Waals surface area contributed by atoms with E-state index in [0.717, 1.165) is 30.4 Å². The molecular weight excluding hydrogens is 432 g/mol. The van der Waals surface area contributed by atoms with E-state index in [0.29, 0.717) is 18.9 Å². The number of amides is 2. The summed E-state index contributed by atoms with van der Waals surface area (Å²) in [7, 11) is 0. The monoisotopic (exact) mass is 462 g/mol. The summed E-state index contributed by atoms with van der Waals surface area (Å²) in [6.07, 6.45) is 2.88. The molecule has 2 aromatic carbocycles. The first-order valence-electron chi connectivity index (χ1n) is 12.1. The van der Waals surface area contributed by atoms with Crippen molar-refractivity contribution in [1.29, 1.82) is 0 Å². The van der Waals surface area contributed by atoms with Gasteiger partial charge in [0.15, 0.2) is 0 Å². The third kappa shape index (κ3) is 4.65. The van der Waals surface area contributed by atoms with Crippen molar-refractivity contribution < 1.29 is 24.2 Å². The molecule has 2 aliphatic carbocycles. The molecule has 7 heteroatoms. The van der Waals surface area contributed by atoms with Gasteiger partial charge in [-0.3, -0.25) is 9.59 Å².